The molecule has 132 valence electrons. The summed E-state index contributed by atoms with van der Waals surface area (Å²) in [5.41, 5.74) is 0.737. The first kappa shape index (κ1) is 17.1. The van der Waals surface area contributed by atoms with Gasteiger partial charge in [0, 0.05) is 13.1 Å². The smallest absolute Gasteiger partial charge is 0.371 e. The van der Waals surface area contributed by atoms with Crippen LogP contribution in [0.5, 0.6) is 0 Å². The first-order valence-electron chi connectivity index (χ1n) is 8.00. The number of aromatic carboxylic acids is 1. The first-order chi connectivity index (χ1) is 11.9. The van der Waals surface area contributed by atoms with Crippen LogP contribution in [0.15, 0.2) is 34.7 Å². The van der Waals surface area contributed by atoms with Crippen LogP contribution < -0.4 is 0 Å². The molecule has 0 saturated carbocycles. The van der Waals surface area contributed by atoms with Crippen molar-refractivity contribution in [3.05, 3.63) is 59.1 Å². The van der Waals surface area contributed by atoms with Gasteiger partial charge in [0.2, 0.25) is 5.76 Å². The Kier molecular flexibility index (Phi) is 4.83. The van der Waals surface area contributed by atoms with E-state index in [2.05, 4.69) is 0 Å². The number of nitrogens with zero attached hydrogens (tertiary/aromatic N) is 1. The van der Waals surface area contributed by atoms with E-state index < -0.39 is 17.6 Å². The molecule has 0 atom stereocenters. The Labute approximate surface area is 142 Å². The Hall–Kier alpha value is -2.70. The number of rotatable bonds is 4. The van der Waals surface area contributed by atoms with Gasteiger partial charge in [0.1, 0.15) is 0 Å². The predicted molar refractivity (Wildman–Crippen MR) is 84.4 cm³/mol. The molecule has 1 aromatic carbocycles. The maximum absolute atomic E-state index is 13.3. The molecule has 2 heterocycles. The van der Waals surface area contributed by atoms with Gasteiger partial charge in [-0.25, -0.2) is 13.6 Å². The van der Waals surface area contributed by atoms with Gasteiger partial charge in [-0.3, -0.25) is 4.79 Å². The highest BCUT2D eigenvalue weighted by Gasteiger charge is 2.26. The van der Waals surface area contributed by atoms with Crippen LogP contribution in [-0.2, 0) is 6.42 Å². The summed E-state index contributed by atoms with van der Waals surface area (Å²) in [5.74, 6) is -3.24. The maximum atomic E-state index is 13.3. The van der Waals surface area contributed by atoms with Gasteiger partial charge in [0.05, 0.1) is 0 Å². The van der Waals surface area contributed by atoms with Crippen molar-refractivity contribution >= 4 is 11.9 Å². The highest BCUT2D eigenvalue weighted by molar-refractivity contribution is 5.93. The Morgan fingerprint density at radius 2 is 1.76 bits per heavy atom. The summed E-state index contributed by atoms with van der Waals surface area (Å²) in [7, 11) is 0. The number of halogens is 2. The molecular weight excluding hydrogens is 332 g/mol. The summed E-state index contributed by atoms with van der Waals surface area (Å²) < 4.78 is 31.3. The largest absolute Gasteiger partial charge is 0.475 e. The van der Waals surface area contributed by atoms with Gasteiger partial charge in [-0.15, -0.1) is 0 Å². The van der Waals surface area contributed by atoms with Crippen molar-refractivity contribution in [3.63, 3.8) is 0 Å². The number of carboxylic acids is 1. The van der Waals surface area contributed by atoms with Crippen LogP contribution in [-0.4, -0.2) is 35.0 Å². The van der Waals surface area contributed by atoms with Crippen molar-refractivity contribution in [3.8, 4) is 0 Å². The zero-order valence-corrected chi connectivity index (χ0v) is 13.4. The fourth-order valence-electron chi connectivity index (χ4n) is 3.06. The number of carboxylic acid groups (broad SMARTS) is 1. The van der Waals surface area contributed by atoms with Crippen molar-refractivity contribution in [2.24, 2.45) is 5.92 Å². The lowest BCUT2D eigenvalue weighted by Gasteiger charge is -2.31. The molecule has 1 amide bonds. The molecule has 25 heavy (non-hydrogen) atoms. The molecule has 0 bridgehead atoms. The van der Waals surface area contributed by atoms with Gasteiger partial charge in [-0.1, -0.05) is 6.07 Å². The molecule has 1 aromatic heterocycles. The average molecular weight is 349 g/mol. The van der Waals surface area contributed by atoms with E-state index in [9.17, 15) is 18.4 Å². The Morgan fingerprint density at radius 1 is 1.08 bits per heavy atom. The van der Waals surface area contributed by atoms with E-state index in [4.69, 9.17) is 9.52 Å². The molecule has 5 nitrogen and oxygen atoms in total. The van der Waals surface area contributed by atoms with Crippen LogP contribution in [0.4, 0.5) is 8.78 Å². The second-order valence-electron chi connectivity index (χ2n) is 6.16. The fourth-order valence-corrected chi connectivity index (χ4v) is 3.06. The Morgan fingerprint density at radius 3 is 2.36 bits per heavy atom. The lowest BCUT2D eigenvalue weighted by atomic mass is 9.90. The normalized spacial score (nSPS) is 15.4. The molecule has 7 heteroatoms. The summed E-state index contributed by atoms with van der Waals surface area (Å²) in [6.07, 6.45) is 2.09. The minimum absolute atomic E-state index is 0.0106. The third-order valence-electron chi connectivity index (χ3n) is 4.44. The molecular formula is C18H17F2NO4. The highest BCUT2D eigenvalue weighted by Crippen LogP contribution is 2.24. The van der Waals surface area contributed by atoms with Gasteiger partial charge < -0.3 is 14.4 Å². The van der Waals surface area contributed by atoms with E-state index in [0.29, 0.717) is 19.5 Å². The van der Waals surface area contributed by atoms with Gasteiger partial charge in [0.15, 0.2) is 17.4 Å². The maximum Gasteiger partial charge on any atom is 0.371 e. The number of furan rings is 1. The summed E-state index contributed by atoms with van der Waals surface area (Å²) in [6.45, 7) is 1.02. The monoisotopic (exact) mass is 349 g/mol. The summed E-state index contributed by atoms with van der Waals surface area (Å²) >= 11 is 0. The molecule has 0 spiro atoms. The molecule has 3 rings (SSSR count). The number of likely N-dealkylation sites (tertiary alicyclic amines) is 1. The highest BCUT2D eigenvalue weighted by atomic mass is 19.2. The minimum atomic E-state index is -1.22. The number of carbonyl (C=O) groups is 2. The third kappa shape index (κ3) is 3.87. The van der Waals surface area contributed by atoms with Crippen molar-refractivity contribution < 1.29 is 27.9 Å². The standard InChI is InChI=1S/C18H17F2NO4/c19-13-2-1-12(10-14(13)20)9-11-5-7-21(8-6-11)17(22)15-3-4-16(25-15)18(23)24/h1-4,10-11H,5-9H2,(H,23,24). The van der Waals surface area contributed by atoms with E-state index in [-0.39, 0.29) is 23.3 Å². The second-order valence-corrected chi connectivity index (χ2v) is 6.16. The van der Waals surface area contributed by atoms with Crippen LogP contribution in [0.3, 0.4) is 0 Å². The van der Waals surface area contributed by atoms with Crippen molar-refractivity contribution in [2.75, 3.05) is 13.1 Å². The number of benzene rings is 1. The van der Waals surface area contributed by atoms with Crippen molar-refractivity contribution in [1.82, 2.24) is 4.90 Å². The average Bonchev–Trinajstić information content (AvgIpc) is 3.09. The summed E-state index contributed by atoms with van der Waals surface area (Å²) in [5, 5.41) is 8.83. The molecule has 1 fully saturated rings. The fraction of sp³-hybridized carbons (Fsp3) is 0.333. The van der Waals surface area contributed by atoms with Crippen molar-refractivity contribution in [1.29, 1.82) is 0 Å². The van der Waals surface area contributed by atoms with Crippen LogP contribution in [0, 0.1) is 17.6 Å². The van der Waals surface area contributed by atoms with Crippen LogP contribution in [0.25, 0.3) is 0 Å². The van der Waals surface area contributed by atoms with Gasteiger partial charge >= 0.3 is 5.97 Å². The zero-order valence-electron chi connectivity index (χ0n) is 13.4. The van der Waals surface area contributed by atoms with E-state index in [1.54, 1.807) is 11.0 Å². The SMILES string of the molecule is O=C(O)c1ccc(C(=O)N2CCC(Cc3ccc(F)c(F)c3)CC2)o1. The van der Waals surface area contributed by atoms with E-state index >= 15 is 0 Å². The number of amides is 1. The minimum Gasteiger partial charge on any atom is -0.475 e. The lowest BCUT2D eigenvalue weighted by Crippen LogP contribution is -2.38. The summed E-state index contributed by atoms with van der Waals surface area (Å²) in [4.78, 5) is 24.8. The van der Waals surface area contributed by atoms with Gasteiger partial charge in [-0.2, -0.15) is 0 Å². The number of hydrogen-bond donors (Lipinski definition) is 1. The molecule has 1 saturated heterocycles. The molecule has 0 aliphatic carbocycles. The zero-order chi connectivity index (χ0) is 18.0. The Balaban J connectivity index is 1.56. The van der Waals surface area contributed by atoms with E-state index in [1.165, 1.54) is 18.2 Å². The van der Waals surface area contributed by atoms with E-state index in [1.807, 2.05) is 0 Å². The first-order valence-corrected chi connectivity index (χ1v) is 8.00. The molecule has 1 aliphatic rings. The molecule has 1 aliphatic heterocycles. The number of carbonyl (C=O) groups excluding carboxylic acids is 1. The number of piperidine rings is 1. The molecule has 2 aromatic rings. The van der Waals surface area contributed by atoms with Gasteiger partial charge in [0.25, 0.3) is 5.91 Å². The molecule has 0 radical (unpaired) electrons. The van der Waals surface area contributed by atoms with E-state index in [0.717, 1.165) is 24.5 Å². The van der Waals surface area contributed by atoms with Gasteiger partial charge in [-0.05, 0) is 55.0 Å². The lowest BCUT2D eigenvalue weighted by molar-refractivity contribution is 0.0629. The third-order valence-corrected chi connectivity index (χ3v) is 4.44. The molecule has 1 N–H and O–H groups in total. The van der Waals surface area contributed by atoms with Crippen molar-refractivity contribution in [2.45, 2.75) is 19.3 Å². The summed E-state index contributed by atoms with van der Waals surface area (Å²) in [6, 6.07) is 6.53. The van der Waals surface area contributed by atoms with Crippen LogP contribution in [0.1, 0.15) is 39.5 Å². The Bertz CT molecular complexity index is 794. The molecule has 0 unspecified atom stereocenters. The topological polar surface area (TPSA) is 70.8 Å². The predicted octanol–water partition coefficient (Wildman–Crippen LogP) is 3.35. The number of hydrogen-bond acceptors (Lipinski definition) is 3. The quantitative estimate of drug-likeness (QED) is 0.919. The van der Waals surface area contributed by atoms with Crippen LogP contribution in [0.2, 0.25) is 0 Å². The van der Waals surface area contributed by atoms with Crippen LogP contribution >= 0.6 is 0 Å². The second kappa shape index (κ2) is 7.04.